The van der Waals surface area contributed by atoms with Crippen LogP contribution in [0.4, 0.5) is 0 Å². The van der Waals surface area contributed by atoms with Gasteiger partial charge in [0.15, 0.2) is 12.2 Å². The van der Waals surface area contributed by atoms with Crippen molar-refractivity contribution >= 4 is 41.5 Å². The quantitative estimate of drug-likeness (QED) is 0.0976. The normalized spacial score (nSPS) is 19.7. The van der Waals surface area contributed by atoms with Crippen LogP contribution in [-0.2, 0) is 28.5 Å². The van der Waals surface area contributed by atoms with Gasteiger partial charge < -0.3 is 34.1 Å². The van der Waals surface area contributed by atoms with Crippen molar-refractivity contribution in [2.24, 2.45) is 0 Å². The maximum atomic E-state index is 14.0. The largest absolute Gasteiger partial charge is 0.458 e. The summed E-state index contributed by atoms with van der Waals surface area (Å²) in [6.07, 6.45) is -4.93. The van der Waals surface area contributed by atoms with Crippen LogP contribution in [0.3, 0.4) is 0 Å². The van der Waals surface area contributed by atoms with Crippen molar-refractivity contribution in [1.29, 1.82) is 0 Å². The number of carbonyl (C=O) groups excluding carboxylic acids is 5. The van der Waals surface area contributed by atoms with E-state index >= 15 is 0 Å². The van der Waals surface area contributed by atoms with Crippen LogP contribution in [0, 0.1) is 0 Å². The smallest absolute Gasteiger partial charge is 0.357 e. The van der Waals surface area contributed by atoms with Gasteiger partial charge in [-0.2, -0.15) is 0 Å². The van der Waals surface area contributed by atoms with E-state index in [4.69, 9.17) is 23.7 Å². The molecule has 1 aromatic heterocycles. The van der Waals surface area contributed by atoms with Crippen molar-refractivity contribution in [2.45, 2.75) is 53.6 Å². The Morgan fingerprint density at radius 3 is 1.84 bits per heavy atom. The second-order valence-electron chi connectivity index (χ2n) is 13.2. The summed E-state index contributed by atoms with van der Waals surface area (Å²) >= 11 is 1.11. The second-order valence-corrected chi connectivity index (χ2v) is 14.6. The highest BCUT2D eigenvalue weighted by Gasteiger charge is 2.55. The number of rotatable bonds is 15. The van der Waals surface area contributed by atoms with E-state index in [-0.39, 0.29) is 28.8 Å². The van der Waals surface area contributed by atoms with Crippen molar-refractivity contribution in [3.8, 4) is 0 Å². The van der Waals surface area contributed by atoms with Gasteiger partial charge in [0.2, 0.25) is 5.91 Å². The molecule has 1 saturated heterocycles. The van der Waals surface area contributed by atoms with Gasteiger partial charge in [0.05, 0.1) is 29.3 Å². The van der Waals surface area contributed by atoms with Crippen molar-refractivity contribution < 1.29 is 52.8 Å². The highest BCUT2D eigenvalue weighted by molar-refractivity contribution is 8.00. The number of hydrogen-bond donors (Lipinski definition) is 2. The Labute approximate surface area is 338 Å². The fourth-order valence-electron chi connectivity index (χ4n) is 6.31. The van der Waals surface area contributed by atoms with Crippen molar-refractivity contribution in [3.63, 3.8) is 0 Å². The lowest BCUT2D eigenvalue weighted by Gasteiger charge is -2.49. The summed E-state index contributed by atoms with van der Waals surface area (Å²) in [6, 6.07) is 36.4. The molecule has 0 aliphatic carbocycles. The molecular weight excluding hydrogens is 765 g/mol. The monoisotopic (exact) mass is 804 g/mol. The average molecular weight is 805 g/mol. The molecule has 1 unspecified atom stereocenters. The van der Waals surface area contributed by atoms with E-state index in [0.717, 1.165) is 11.8 Å². The van der Waals surface area contributed by atoms with E-state index in [1.54, 1.807) is 103 Å². The van der Waals surface area contributed by atoms with E-state index < -0.39 is 78.4 Å². The minimum absolute atomic E-state index is 0.124. The molecule has 13 nitrogen and oxygen atoms in total. The first-order chi connectivity index (χ1) is 28.1. The fourth-order valence-corrected chi connectivity index (χ4v) is 7.50. The molecule has 14 heteroatoms. The second kappa shape index (κ2) is 19.7. The molecule has 298 valence electrons. The van der Waals surface area contributed by atoms with Crippen LogP contribution in [-0.4, -0.2) is 88.5 Å². The number of aliphatic hydroxyl groups excluding tert-OH is 1. The Balaban J connectivity index is 1.48. The van der Waals surface area contributed by atoms with Gasteiger partial charge in [-0.3, -0.25) is 4.79 Å². The van der Waals surface area contributed by atoms with Gasteiger partial charge in [-0.25, -0.2) is 24.2 Å². The Hall–Kier alpha value is -6.35. The molecule has 6 atom stereocenters. The molecule has 58 heavy (non-hydrogen) atoms. The van der Waals surface area contributed by atoms with Crippen LogP contribution in [0.1, 0.15) is 54.9 Å². The maximum absolute atomic E-state index is 14.0. The molecule has 0 saturated carbocycles. The maximum Gasteiger partial charge on any atom is 0.357 e. The first-order valence-corrected chi connectivity index (χ1v) is 19.1. The van der Waals surface area contributed by atoms with Crippen LogP contribution in [0.15, 0.2) is 151 Å². The first kappa shape index (κ1) is 41.3. The minimum atomic E-state index is -1.72. The molecule has 5 aromatic rings. The van der Waals surface area contributed by atoms with E-state index in [2.05, 4.69) is 10.3 Å². The van der Waals surface area contributed by atoms with Gasteiger partial charge in [-0.15, -0.1) is 0 Å². The summed E-state index contributed by atoms with van der Waals surface area (Å²) in [5.74, 6) is -3.96. The van der Waals surface area contributed by atoms with Crippen molar-refractivity contribution in [1.82, 2.24) is 10.3 Å². The summed E-state index contributed by atoms with van der Waals surface area (Å²) in [5, 5.41) is 14.0. The van der Waals surface area contributed by atoms with Crippen LogP contribution in [0.25, 0.3) is 0 Å². The van der Waals surface area contributed by atoms with Gasteiger partial charge in [0, 0.05) is 24.4 Å². The van der Waals surface area contributed by atoms with Crippen LogP contribution >= 0.6 is 11.8 Å². The predicted octanol–water partition coefficient (Wildman–Crippen LogP) is 5.69. The highest BCUT2D eigenvalue weighted by atomic mass is 32.2. The molecular formula is C44H40N2O11S. The third-order valence-electron chi connectivity index (χ3n) is 9.01. The van der Waals surface area contributed by atoms with Gasteiger partial charge in [0.1, 0.15) is 29.4 Å². The number of ether oxygens (including phenoxy) is 5. The SMILES string of the molecule is CC(=O)N[C@H]1[C@H]([C@H](OC(=O)c2ccccn2)[C@@H](COC(=O)c2ccccc2)OC(=O)c2ccccc2)OC(CO)(Sc2ccccc2)C[C@@H]1OC(=O)c1ccccc1. The van der Waals surface area contributed by atoms with E-state index in [1.165, 1.54) is 43.5 Å². The van der Waals surface area contributed by atoms with Crippen molar-refractivity contribution in [3.05, 3.63) is 168 Å². The van der Waals surface area contributed by atoms with Gasteiger partial charge in [-0.1, -0.05) is 90.6 Å². The predicted molar refractivity (Wildman–Crippen MR) is 211 cm³/mol. The summed E-state index contributed by atoms with van der Waals surface area (Å²) < 4.78 is 30.9. The fraction of sp³-hybridized carbons (Fsp3) is 0.227. The Kier molecular flexibility index (Phi) is 14.0. The Morgan fingerprint density at radius 2 is 1.29 bits per heavy atom. The van der Waals surface area contributed by atoms with E-state index in [0.29, 0.717) is 4.90 Å². The summed E-state index contributed by atoms with van der Waals surface area (Å²) in [7, 11) is 0. The molecule has 0 bridgehead atoms. The van der Waals surface area contributed by atoms with Gasteiger partial charge in [-0.05, 0) is 60.7 Å². The third kappa shape index (κ3) is 10.7. The zero-order valence-corrected chi connectivity index (χ0v) is 32.1. The van der Waals surface area contributed by atoms with E-state index in [9.17, 15) is 29.1 Å². The standard InChI is InChI=1S/C44H40N2O11S/c1-29(48)46-37-35(54-41(50)31-18-8-3-9-19-31)26-44(28-47,58-33-22-12-5-13-23-33)57-39(37)38(56-43(52)34-24-14-15-25-45-34)36(55-42(51)32-20-10-4-11-21-32)27-53-40(49)30-16-6-2-7-17-30/h2-25,35-39,47H,26-28H2,1H3,(H,46,48)/t35-,36+,37+,38+,39+,44?/m0/s1. The zero-order valence-electron chi connectivity index (χ0n) is 31.2. The summed E-state index contributed by atoms with van der Waals surface area (Å²) in [4.78, 5) is 71.1. The van der Waals surface area contributed by atoms with Crippen LogP contribution in [0.5, 0.6) is 0 Å². The zero-order chi connectivity index (χ0) is 40.9. The van der Waals surface area contributed by atoms with Crippen molar-refractivity contribution in [2.75, 3.05) is 13.2 Å². The molecule has 2 heterocycles. The molecule has 4 aromatic carbocycles. The molecule has 6 rings (SSSR count). The lowest BCUT2D eigenvalue weighted by atomic mass is 9.89. The van der Waals surface area contributed by atoms with Gasteiger partial charge in [0.25, 0.3) is 0 Å². The number of esters is 4. The first-order valence-electron chi connectivity index (χ1n) is 18.3. The minimum Gasteiger partial charge on any atom is -0.458 e. The van der Waals surface area contributed by atoms with E-state index in [1.807, 2.05) is 6.07 Å². The topological polar surface area (TPSA) is 177 Å². The summed E-state index contributed by atoms with van der Waals surface area (Å²) in [6.45, 7) is -0.0949. The van der Waals surface area contributed by atoms with Gasteiger partial charge >= 0.3 is 23.9 Å². The molecule has 1 fully saturated rings. The molecule has 1 amide bonds. The number of aromatic nitrogens is 1. The number of benzene rings is 4. The lowest BCUT2D eigenvalue weighted by Crippen LogP contribution is -2.67. The number of aliphatic hydroxyl groups is 1. The number of pyridine rings is 1. The molecule has 2 N–H and O–H groups in total. The number of thioether (sulfide) groups is 1. The van der Waals surface area contributed by atoms with Crippen LogP contribution in [0.2, 0.25) is 0 Å². The third-order valence-corrected chi connectivity index (χ3v) is 10.3. The Bertz CT molecular complexity index is 2150. The Morgan fingerprint density at radius 1 is 0.741 bits per heavy atom. The molecule has 0 spiro atoms. The molecule has 0 radical (unpaired) electrons. The lowest BCUT2D eigenvalue weighted by molar-refractivity contribution is -0.201. The highest BCUT2D eigenvalue weighted by Crippen LogP contribution is 2.45. The van der Waals surface area contributed by atoms with Crippen LogP contribution < -0.4 is 5.32 Å². The number of nitrogens with zero attached hydrogens (tertiary/aromatic N) is 1. The summed E-state index contributed by atoms with van der Waals surface area (Å²) in [5.41, 5.74) is 0.388. The number of nitrogens with one attached hydrogen (secondary N) is 1. The molecule has 1 aliphatic rings. The number of carbonyl (C=O) groups is 5. The average Bonchev–Trinajstić information content (AvgIpc) is 3.26. The number of amides is 1. The molecule has 1 aliphatic heterocycles. The number of hydrogen-bond acceptors (Lipinski definition) is 13.